The Kier molecular flexibility index (Phi) is 6.58. The number of halogens is 1. The number of hydrogen-bond acceptors (Lipinski definition) is 3. The zero-order valence-electron chi connectivity index (χ0n) is 15.4. The van der Waals surface area contributed by atoms with Gasteiger partial charge < -0.3 is 10.1 Å². The number of rotatable bonds is 7. The maximum absolute atomic E-state index is 12.8. The second-order valence-corrected chi connectivity index (χ2v) is 6.75. The minimum atomic E-state index is -0.293. The van der Waals surface area contributed by atoms with E-state index in [4.69, 9.17) is 16.3 Å². The number of hydrogen-bond donors (Lipinski definition) is 1. The number of carbonyl (C=O) groups is 2. The summed E-state index contributed by atoms with van der Waals surface area (Å²) >= 11 is 5.89. The molecule has 0 aliphatic rings. The molecule has 0 bridgehead atoms. The quantitative estimate of drug-likeness (QED) is 0.594. The molecule has 142 valence electrons. The molecule has 0 heterocycles. The van der Waals surface area contributed by atoms with Crippen molar-refractivity contribution >= 4 is 23.3 Å². The molecule has 0 unspecified atom stereocenters. The van der Waals surface area contributed by atoms with Crippen molar-refractivity contribution < 1.29 is 14.3 Å². The van der Waals surface area contributed by atoms with Crippen molar-refractivity contribution in [2.24, 2.45) is 0 Å². The molecular weight excluding hydrogens is 374 g/mol. The Bertz CT molecular complexity index is 966. The Morgan fingerprint density at radius 1 is 0.857 bits per heavy atom. The molecule has 3 aromatic carbocycles. The summed E-state index contributed by atoms with van der Waals surface area (Å²) in [5.41, 5.74) is 3.22. The van der Waals surface area contributed by atoms with E-state index < -0.39 is 0 Å². The normalized spacial score (nSPS) is 10.5. The highest BCUT2D eigenvalue weighted by molar-refractivity contribution is 6.30. The van der Waals surface area contributed by atoms with Crippen LogP contribution in [0.25, 0.3) is 0 Å². The number of amides is 1. The van der Waals surface area contributed by atoms with Crippen LogP contribution in [0.15, 0.2) is 72.8 Å². The molecule has 28 heavy (non-hydrogen) atoms. The fourth-order valence-electron chi connectivity index (χ4n) is 2.83. The van der Waals surface area contributed by atoms with E-state index in [1.165, 1.54) is 0 Å². The number of methoxy groups -OCH3 is 1. The fourth-order valence-corrected chi connectivity index (χ4v) is 2.96. The van der Waals surface area contributed by atoms with Crippen molar-refractivity contribution in [3.63, 3.8) is 0 Å². The van der Waals surface area contributed by atoms with Crippen molar-refractivity contribution in [1.29, 1.82) is 0 Å². The molecule has 5 heteroatoms. The van der Waals surface area contributed by atoms with E-state index in [-0.39, 0.29) is 11.7 Å². The summed E-state index contributed by atoms with van der Waals surface area (Å²) in [5, 5.41) is 3.43. The lowest BCUT2D eigenvalue weighted by atomic mass is 9.98. The lowest BCUT2D eigenvalue weighted by Crippen LogP contribution is -2.25. The molecule has 0 atom stereocenters. The number of nitrogens with one attached hydrogen (secondary N) is 1. The van der Waals surface area contributed by atoms with Crippen LogP contribution in [0.2, 0.25) is 5.02 Å². The maximum atomic E-state index is 12.8. The number of benzene rings is 3. The van der Waals surface area contributed by atoms with Gasteiger partial charge in [0.1, 0.15) is 0 Å². The second-order valence-electron chi connectivity index (χ2n) is 6.31. The number of ketones is 1. The van der Waals surface area contributed by atoms with E-state index in [0.29, 0.717) is 34.9 Å². The van der Waals surface area contributed by atoms with Gasteiger partial charge in [0.05, 0.1) is 12.2 Å². The minimum absolute atomic E-state index is 0.216. The molecule has 1 amide bonds. The molecule has 4 nitrogen and oxygen atoms in total. The predicted octanol–water partition coefficient (Wildman–Crippen LogP) is 4.65. The summed E-state index contributed by atoms with van der Waals surface area (Å²) in [6, 6.07) is 21.2. The molecule has 3 rings (SSSR count). The number of ether oxygens (including phenoxy) is 1. The molecule has 0 aromatic heterocycles. The van der Waals surface area contributed by atoms with Gasteiger partial charge in [-0.05, 0) is 41.5 Å². The van der Waals surface area contributed by atoms with Crippen LogP contribution in [0.4, 0.5) is 0 Å². The predicted molar refractivity (Wildman–Crippen MR) is 110 cm³/mol. The van der Waals surface area contributed by atoms with Gasteiger partial charge in [-0.2, -0.15) is 0 Å². The van der Waals surface area contributed by atoms with E-state index in [1.54, 1.807) is 55.6 Å². The Balaban J connectivity index is 1.73. The van der Waals surface area contributed by atoms with E-state index in [9.17, 15) is 9.59 Å². The number of carbonyl (C=O) groups excluding carboxylic acids is 2. The fraction of sp³-hybridized carbons (Fsp3) is 0.130. The van der Waals surface area contributed by atoms with Gasteiger partial charge in [-0.15, -0.1) is 0 Å². The Labute approximate surface area is 169 Å². The Hall–Kier alpha value is -2.95. The van der Waals surface area contributed by atoms with Gasteiger partial charge in [-0.25, -0.2) is 0 Å². The van der Waals surface area contributed by atoms with Gasteiger partial charge in [0, 0.05) is 29.8 Å². The molecule has 3 aromatic rings. The topological polar surface area (TPSA) is 55.4 Å². The van der Waals surface area contributed by atoms with Crippen LogP contribution in [0, 0.1) is 0 Å². The van der Waals surface area contributed by atoms with Crippen LogP contribution in [0.5, 0.6) is 0 Å². The third-order valence-corrected chi connectivity index (χ3v) is 4.56. The SMILES string of the molecule is COCc1ccc(CNC(=O)c2ccccc2C(=O)c2ccc(Cl)cc2)cc1. The highest BCUT2D eigenvalue weighted by Gasteiger charge is 2.17. The monoisotopic (exact) mass is 393 g/mol. The lowest BCUT2D eigenvalue weighted by Gasteiger charge is -2.10. The smallest absolute Gasteiger partial charge is 0.252 e. The van der Waals surface area contributed by atoms with Gasteiger partial charge in [0.15, 0.2) is 5.78 Å². The first-order valence-electron chi connectivity index (χ1n) is 8.82. The van der Waals surface area contributed by atoms with Gasteiger partial charge in [0.2, 0.25) is 0 Å². The molecular formula is C23H20ClNO3. The highest BCUT2D eigenvalue weighted by atomic mass is 35.5. The minimum Gasteiger partial charge on any atom is -0.380 e. The van der Waals surface area contributed by atoms with Gasteiger partial charge in [-0.3, -0.25) is 9.59 Å². The van der Waals surface area contributed by atoms with Crippen LogP contribution in [0.3, 0.4) is 0 Å². The molecule has 0 saturated carbocycles. The van der Waals surface area contributed by atoms with Crippen molar-refractivity contribution in [1.82, 2.24) is 5.32 Å². The first-order chi connectivity index (χ1) is 13.6. The molecule has 0 aliphatic heterocycles. The van der Waals surface area contributed by atoms with Gasteiger partial charge >= 0.3 is 0 Å². The van der Waals surface area contributed by atoms with E-state index >= 15 is 0 Å². The third-order valence-electron chi connectivity index (χ3n) is 4.31. The van der Waals surface area contributed by atoms with Crippen LogP contribution < -0.4 is 5.32 Å². The van der Waals surface area contributed by atoms with Crippen molar-refractivity contribution in [3.8, 4) is 0 Å². The summed E-state index contributed by atoms with van der Waals surface area (Å²) in [6.07, 6.45) is 0. The van der Waals surface area contributed by atoms with Gasteiger partial charge in [0.25, 0.3) is 5.91 Å². The largest absolute Gasteiger partial charge is 0.380 e. The van der Waals surface area contributed by atoms with E-state index in [1.807, 2.05) is 24.3 Å². The standard InChI is InChI=1S/C23H20ClNO3/c1-28-15-17-8-6-16(7-9-17)14-25-23(27)21-5-3-2-4-20(21)22(26)18-10-12-19(24)13-11-18/h2-13H,14-15H2,1H3,(H,25,27). The highest BCUT2D eigenvalue weighted by Crippen LogP contribution is 2.17. The van der Waals surface area contributed by atoms with Crippen molar-refractivity contribution in [3.05, 3.63) is 106 Å². The average molecular weight is 394 g/mol. The zero-order valence-corrected chi connectivity index (χ0v) is 16.2. The zero-order chi connectivity index (χ0) is 19.9. The molecule has 0 saturated heterocycles. The summed E-state index contributed by atoms with van der Waals surface area (Å²) in [6.45, 7) is 0.919. The van der Waals surface area contributed by atoms with Crippen LogP contribution in [-0.2, 0) is 17.9 Å². The summed E-state index contributed by atoms with van der Waals surface area (Å²) in [4.78, 5) is 25.5. The van der Waals surface area contributed by atoms with Crippen LogP contribution in [-0.4, -0.2) is 18.8 Å². The molecule has 0 spiro atoms. The summed E-state index contributed by atoms with van der Waals surface area (Å²) in [5.74, 6) is -0.509. The Morgan fingerprint density at radius 3 is 2.11 bits per heavy atom. The maximum Gasteiger partial charge on any atom is 0.252 e. The average Bonchev–Trinajstić information content (AvgIpc) is 2.73. The van der Waals surface area contributed by atoms with E-state index in [2.05, 4.69) is 5.32 Å². The Morgan fingerprint density at radius 2 is 1.46 bits per heavy atom. The van der Waals surface area contributed by atoms with Gasteiger partial charge in [-0.1, -0.05) is 54.1 Å². The van der Waals surface area contributed by atoms with Crippen molar-refractivity contribution in [2.45, 2.75) is 13.2 Å². The summed E-state index contributed by atoms with van der Waals surface area (Å²) < 4.78 is 5.09. The first kappa shape index (κ1) is 19.8. The van der Waals surface area contributed by atoms with E-state index in [0.717, 1.165) is 11.1 Å². The van der Waals surface area contributed by atoms with Crippen molar-refractivity contribution in [2.75, 3.05) is 7.11 Å². The van der Waals surface area contributed by atoms with Crippen LogP contribution >= 0.6 is 11.6 Å². The molecule has 0 radical (unpaired) electrons. The lowest BCUT2D eigenvalue weighted by molar-refractivity contribution is 0.0939. The second kappa shape index (κ2) is 9.31. The summed E-state index contributed by atoms with van der Waals surface area (Å²) in [7, 11) is 1.65. The van der Waals surface area contributed by atoms with Crippen LogP contribution in [0.1, 0.15) is 37.4 Å². The molecule has 0 fully saturated rings. The molecule has 1 N–H and O–H groups in total. The first-order valence-corrected chi connectivity index (χ1v) is 9.20. The third kappa shape index (κ3) is 4.85. The molecule has 0 aliphatic carbocycles.